The van der Waals surface area contributed by atoms with Crippen molar-refractivity contribution in [1.82, 2.24) is 0 Å². The summed E-state index contributed by atoms with van der Waals surface area (Å²) in [4.78, 5) is 0. The van der Waals surface area contributed by atoms with Crippen molar-refractivity contribution in [2.45, 2.75) is 6.61 Å². The highest BCUT2D eigenvalue weighted by atomic mass is 35.5. The molecule has 0 fully saturated rings. The average molecular weight is 189 g/mol. The van der Waals surface area contributed by atoms with Crippen LogP contribution in [-0.2, 0) is 6.61 Å². The first kappa shape index (κ1) is 9.16. The Bertz CT molecular complexity index is 257. The Kier molecular flexibility index (Phi) is 2.78. The fourth-order valence-corrected chi connectivity index (χ4v) is 1.18. The minimum Gasteiger partial charge on any atom is -0.504 e. The molecular formula is C8H9ClO3. The number of ether oxygens (including phenoxy) is 1. The van der Waals surface area contributed by atoms with Crippen molar-refractivity contribution in [2.24, 2.45) is 0 Å². The molecule has 0 aliphatic rings. The SMILES string of the molecule is COc1c(O)ccc(Cl)c1CO. The zero-order valence-corrected chi connectivity index (χ0v) is 7.30. The van der Waals surface area contributed by atoms with E-state index in [1.165, 1.54) is 19.2 Å². The lowest BCUT2D eigenvalue weighted by Gasteiger charge is -2.09. The highest BCUT2D eigenvalue weighted by molar-refractivity contribution is 6.31. The van der Waals surface area contributed by atoms with E-state index in [2.05, 4.69) is 0 Å². The Morgan fingerprint density at radius 1 is 1.50 bits per heavy atom. The van der Waals surface area contributed by atoms with Gasteiger partial charge in [0.05, 0.1) is 18.7 Å². The molecule has 12 heavy (non-hydrogen) atoms. The summed E-state index contributed by atoms with van der Waals surface area (Å²) in [5.74, 6) is 0.205. The third-order valence-electron chi connectivity index (χ3n) is 1.54. The number of methoxy groups -OCH3 is 1. The van der Waals surface area contributed by atoms with Crippen molar-refractivity contribution in [3.63, 3.8) is 0 Å². The topological polar surface area (TPSA) is 49.7 Å². The molecular weight excluding hydrogens is 180 g/mol. The first-order chi connectivity index (χ1) is 5.70. The molecule has 0 aliphatic carbocycles. The zero-order chi connectivity index (χ0) is 9.14. The standard InChI is InChI=1S/C8H9ClO3/c1-12-8-5(4-10)6(9)2-3-7(8)11/h2-3,10-11H,4H2,1H3. The molecule has 2 N–H and O–H groups in total. The molecule has 0 saturated carbocycles. The van der Waals surface area contributed by atoms with Gasteiger partial charge in [-0.1, -0.05) is 11.6 Å². The molecule has 66 valence electrons. The molecule has 0 aliphatic heterocycles. The second kappa shape index (κ2) is 3.65. The van der Waals surface area contributed by atoms with E-state index >= 15 is 0 Å². The van der Waals surface area contributed by atoms with Crippen molar-refractivity contribution < 1.29 is 14.9 Å². The number of aliphatic hydroxyl groups excluding tert-OH is 1. The van der Waals surface area contributed by atoms with Crippen LogP contribution in [0.25, 0.3) is 0 Å². The first-order valence-electron chi connectivity index (χ1n) is 3.36. The molecule has 0 amide bonds. The highest BCUT2D eigenvalue weighted by Crippen LogP contribution is 2.34. The summed E-state index contributed by atoms with van der Waals surface area (Å²) in [6, 6.07) is 2.92. The number of hydrogen-bond acceptors (Lipinski definition) is 3. The molecule has 1 aromatic rings. The highest BCUT2D eigenvalue weighted by Gasteiger charge is 2.10. The predicted molar refractivity (Wildman–Crippen MR) is 45.6 cm³/mol. The number of aliphatic hydroxyl groups is 1. The number of halogens is 1. The molecule has 0 atom stereocenters. The summed E-state index contributed by atoms with van der Waals surface area (Å²) in [6.07, 6.45) is 0. The normalized spacial score (nSPS) is 9.92. The van der Waals surface area contributed by atoms with Crippen molar-refractivity contribution in [3.8, 4) is 11.5 Å². The molecule has 0 saturated heterocycles. The maximum atomic E-state index is 9.25. The van der Waals surface area contributed by atoms with Crippen LogP contribution in [0.1, 0.15) is 5.56 Å². The fraction of sp³-hybridized carbons (Fsp3) is 0.250. The number of rotatable bonds is 2. The van der Waals surface area contributed by atoms with Gasteiger partial charge in [-0.2, -0.15) is 0 Å². The van der Waals surface area contributed by atoms with Gasteiger partial charge in [0.2, 0.25) is 0 Å². The van der Waals surface area contributed by atoms with Gasteiger partial charge >= 0.3 is 0 Å². The first-order valence-corrected chi connectivity index (χ1v) is 3.73. The average Bonchev–Trinajstić information content (AvgIpc) is 2.08. The minimum atomic E-state index is -0.254. The summed E-state index contributed by atoms with van der Waals surface area (Å²) >= 11 is 5.73. The molecule has 4 heteroatoms. The van der Waals surface area contributed by atoms with E-state index in [9.17, 15) is 5.11 Å². The summed E-state index contributed by atoms with van der Waals surface area (Å²) in [5.41, 5.74) is 0.402. The van der Waals surface area contributed by atoms with Crippen LogP contribution in [0.2, 0.25) is 5.02 Å². The van der Waals surface area contributed by atoms with E-state index in [4.69, 9.17) is 21.4 Å². The molecule has 0 aromatic heterocycles. The van der Waals surface area contributed by atoms with Crippen LogP contribution in [0.4, 0.5) is 0 Å². The third-order valence-corrected chi connectivity index (χ3v) is 1.90. The molecule has 0 radical (unpaired) electrons. The number of phenols is 1. The van der Waals surface area contributed by atoms with E-state index in [-0.39, 0.29) is 18.1 Å². The molecule has 1 aromatic carbocycles. The minimum absolute atomic E-state index is 0.0223. The van der Waals surface area contributed by atoms with E-state index in [0.29, 0.717) is 10.6 Å². The Balaban J connectivity index is 3.28. The Morgan fingerprint density at radius 2 is 2.17 bits per heavy atom. The largest absolute Gasteiger partial charge is 0.504 e. The van der Waals surface area contributed by atoms with Crippen LogP contribution in [0.3, 0.4) is 0 Å². The summed E-state index contributed by atoms with van der Waals surface area (Å²) in [7, 11) is 1.41. The van der Waals surface area contributed by atoms with E-state index in [1.54, 1.807) is 0 Å². The quantitative estimate of drug-likeness (QED) is 0.741. The molecule has 0 bridgehead atoms. The van der Waals surface area contributed by atoms with Crippen LogP contribution in [0.5, 0.6) is 11.5 Å². The van der Waals surface area contributed by atoms with Crippen LogP contribution in [0.15, 0.2) is 12.1 Å². The third kappa shape index (κ3) is 1.47. The summed E-state index contributed by atoms with van der Waals surface area (Å²) in [5, 5.41) is 18.5. The molecule has 1 rings (SSSR count). The molecule has 0 unspecified atom stereocenters. The van der Waals surface area contributed by atoms with Gasteiger partial charge in [-0.15, -0.1) is 0 Å². The van der Waals surface area contributed by atoms with Crippen LogP contribution < -0.4 is 4.74 Å². The molecule has 3 nitrogen and oxygen atoms in total. The smallest absolute Gasteiger partial charge is 0.167 e. The summed E-state index contributed by atoms with van der Waals surface area (Å²) in [6.45, 7) is -0.254. The van der Waals surface area contributed by atoms with Gasteiger partial charge in [0.25, 0.3) is 0 Å². The van der Waals surface area contributed by atoms with Gasteiger partial charge in [0, 0.05) is 5.56 Å². The maximum absolute atomic E-state index is 9.25. The maximum Gasteiger partial charge on any atom is 0.167 e. The van der Waals surface area contributed by atoms with Crippen LogP contribution >= 0.6 is 11.6 Å². The van der Waals surface area contributed by atoms with Gasteiger partial charge in [0.15, 0.2) is 11.5 Å². The van der Waals surface area contributed by atoms with Gasteiger partial charge in [-0.05, 0) is 12.1 Å². The zero-order valence-electron chi connectivity index (χ0n) is 6.54. The van der Waals surface area contributed by atoms with Crippen molar-refractivity contribution >= 4 is 11.6 Å². The lowest BCUT2D eigenvalue weighted by atomic mass is 10.2. The molecule has 0 heterocycles. The summed E-state index contributed by atoms with van der Waals surface area (Å²) < 4.78 is 4.85. The van der Waals surface area contributed by atoms with Gasteiger partial charge in [-0.25, -0.2) is 0 Å². The van der Waals surface area contributed by atoms with E-state index < -0.39 is 0 Å². The van der Waals surface area contributed by atoms with Gasteiger partial charge in [-0.3, -0.25) is 0 Å². The number of aromatic hydroxyl groups is 1. The Morgan fingerprint density at radius 3 is 2.58 bits per heavy atom. The van der Waals surface area contributed by atoms with Crippen molar-refractivity contribution in [1.29, 1.82) is 0 Å². The van der Waals surface area contributed by atoms with Gasteiger partial charge < -0.3 is 14.9 Å². The number of phenolic OH excluding ortho intramolecular Hbond substituents is 1. The predicted octanol–water partition coefficient (Wildman–Crippen LogP) is 1.55. The van der Waals surface area contributed by atoms with Crippen LogP contribution in [-0.4, -0.2) is 17.3 Å². The lowest BCUT2D eigenvalue weighted by molar-refractivity contribution is 0.271. The number of benzene rings is 1. The van der Waals surface area contributed by atoms with Crippen molar-refractivity contribution in [2.75, 3.05) is 7.11 Å². The monoisotopic (exact) mass is 188 g/mol. The number of hydrogen-bond donors (Lipinski definition) is 2. The van der Waals surface area contributed by atoms with Gasteiger partial charge in [0.1, 0.15) is 0 Å². The Hall–Kier alpha value is -0.930. The Labute approximate surface area is 75.2 Å². The van der Waals surface area contributed by atoms with Crippen molar-refractivity contribution in [3.05, 3.63) is 22.7 Å². The molecule has 0 spiro atoms. The van der Waals surface area contributed by atoms with E-state index in [1.807, 2.05) is 0 Å². The second-order valence-electron chi connectivity index (χ2n) is 2.24. The van der Waals surface area contributed by atoms with Crippen LogP contribution in [0, 0.1) is 0 Å². The van der Waals surface area contributed by atoms with E-state index in [0.717, 1.165) is 0 Å². The second-order valence-corrected chi connectivity index (χ2v) is 2.64. The lowest BCUT2D eigenvalue weighted by Crippen LogP contribution is -1.93. The fourth-order valence-electron chi connectivity index (χ4n) is 0.967.